The predicted molar refractivity (Wildman–Crippen MR) is 59.3 cm³/mol. The molecule has 1 N–H and O–H groups in total. The number of hydrogen-bond donors (Lipinski definition) is 1. The molecule has 0 amide bonds. The average molecular weight is 214 g/mol. The van der Waals surface area contributed by atoms with E-state index < -0.39 is 0 Å². The van der Waals surface area contributed by atoms with E-state index in [-0.39, 0.29) is 0 Å². The molecule has 1 saturated heterocycles. The molecule has 0 saturated carbocycles. The topological polar surface area (TPSA) is 24.9 Å². The van der Waals surface area contributed by atoms with Crippen LogP contribution in [0.25, 0.3) is 0 Å². The first-order valence-corrected chi connectivity index (χ1v) is 6.70. The lowest BCUT2D eigenvalue weighted by atomic mass is 10.1. The van der Waals surface area contributed by atoms with Crippen LogP contribution in [0.15, 0.2) is 10.9 Å². The van der Waals surface area contributed by atoms with Crippen LogP contribution in [0.5, 0.6) is 0 Å². The number of nitrogens with zero attached hydrogens (tertiary/aromatic N) is 1. The van der Waals surface area contributed by atoms with E-state index in [4.69, 9.17) is 0 Å². The Labute approximate surface area is 87.1 Å². The van der Waals surface area contributed by atoms with Crippen molar-refractivity contribution in [2.45, 2.75) is 13.0 Å². The molecule has 2 heterocycles. The van der Waals surface area contributed by atoms with Gasteiger partial charge in [-0.3, -0.25) is 0 Å². The van der Waals surface area contributed by atoms with E-state index in [1.807, 2.05) is 5.51 Å². The number of nitrogens with one attached hydrogen (secondary N) is 1. The molecule has 0 aliphatic carbocycles. The molecular weight excluding hydrogens is 200 g/mol. The Bertz CT molecular complexity index is 230. The van der Waals surface area contributed by atoms with Gasteiger partial charge in [0.2, 0.25) is 0 Å². The molecule has 1 unspecified atom stereocenters. The lowest BCUT2D eigenvalue weighted by Crippen LogP contribution is -2.22. The lowest BCUT2D eigenvalue weighted by molar-refractivity contribution is 0.521. The van der Waals surface area contributed by atoms with E-state index in [1.165, 1.54) is 23.6 Å². The summed E-state index contributed by atoms with van der Waals surface area (Å²) in [6.07, 6.45) is 1.38. The fourth-order valence-electron chi connectivity index (χ4n) is 1.47. The fourth-order valence-corrected chi connectivity index (χ4v) is 3.32. The van der Waals surface area contributed by atoms with Gasteiger partial charge in [0.25, 0.3) is 0 Å². The van der Waals surface area contributed by atoms with Crippen LogP contribution < -0.4 is 5.32 Å². The van der Waals surface area contributed by atoms with Crippen LogP contribution in [0.4, 0.5) is 0 Å². The van der Waals surface area contributed by atoms with Gasteiger partial charge in [-0.25, -0.2) is 4.98 Å². The van der Waals surface area contributed by atoms with Gasteiger partial charge in [0.15, 0.2) is 0 Å². The maximum Gasteiger partial charge on any atom is 0.0795 e. The molecule has 1 fully saturated rings. The Morgan fingerprint density at radius 1 is 1.62 bits per heavy atom. The van der Waals surface area contributed by atoms with E-state index in [0.717, 1.165) is 19.0 Å². The second-order valence-corrected chi connectivity index (χ2v) is 5.21. The van der Waals surface area contributed by atoms with Crippen molar-refractivity contribution in [2.75, 3.05) is 18.1 Å². The van der Waals surface area contributed by atoms with Crippen molar-refractivity contribution in [1.29, 1.82) is 0 Å². The van der Waals surface area contributed by atoms with Crippen LogP contribution in [0.1, 0.15) is 12.1 Å². The van der Waals surface area contributed by atoms with Crippen molar-refractivity contribution < 1.29 is 0 Å². The number of hydrogen-bond acceptors (Lipinski definition) is 4. The highest BCUT2D eigenvalue weighted by Gasteiger charge is 2.14. The van der Waals surface area contributed by atoms with Gasteiger partial charge >= 0.3 is 0 Å². The van der Waals surface area contributed by atoms with Gasteiger partial charge in [0, 0.05) is 11.9 Å². The van der Waals surface area contributed by atoms with Crippen molar-refractivity contribution in [2.24, 2.45) is 5.92 Å². The Morgan fingerprint density at radius 2 is 2.62 bits per heavy atom. The molecule has 0 aromatic carbocycles. The minimum Gasteiger partial charge on any atom is -0.311 e. The molecule has 2 nitrogen and oxygen atoms in total. The molecule has 2 rings (SSSR count). The van der Waals surface area contributed by atoms with Gasteiger partial charge in [0.05, 0.1) is 11.2 Å². The number of thioether (sulfide) groups is 1. The highest BCUT2D eigenvalue weighted by atomic mass is 32.2. The Balaban J connectivity index is 1.63. The second kappa shape index (κ2) is 4.98. The smallest absolute Gasteiger partial charge is 0.0795 e. The van der Waals surface area contributed by atoms with Gasteiger partial charge < -0.3 is 5.32 Å². The van der Waals surface area contributed by atoms with E-state index in [9.17, 15) is 0 Å². The molecule has 0 spiro atoms. The van der Waals surface area contributed by atoms with Crippen molar-refractivity contribution in [3.05, 3.63) is 16.6 Å². The molecule has 4 heteroatoms. The Kier molecular flexibility index (Phi) is 3.64. The van der Waals surface area contributed by atoms with Crippen molar-refractivity contribution in [1.82, 2.24) is 10.3 Å². The molecule has 72 valence electrons. The number of rotatable bonds is 4. The highest BCUT2D eigenvalue weighted by molar-refractivity contribution is 7.99. The predicted octanol–water partition coefficient (Wildman–Crippen LogP) is 1.99. The molecule has 1 aliphatic heterocycles. The van der Waals surface area contributed by atoms with E-state index in [1.54, 1.807) is 11.3 Å². The van der Waals surface area contributed by atoms with Gasteiger partial charge in [-0.2, -0.15) is 11.8 Å². The normalized spacial score (nSPS) is 22.3. The third kappa shape index (κ3) is 2.97. The van der Waals surface area contributed by atoms with Crippen molar-refractivity contribution in [3.63, 3.8) is 0 Å². The molecule has 0 radical (unpaired) electrons. The maximum atomic E-state index is 4.23. The Morgan fingerprint density at radius 3 is 3.31 bits per heavy atom. The molecular formula is C9H14N2S2. The first kappa shape index (κ1) is 9.49. The van der Waals surface area contributed by atoms with Crippen molar-refractivity contribution in [3.8, 4) is 0 Å². The summed E-state index contributed by atoms with van der Waals surface area (Å²) in [4.78, 5) is 4.23. The molecule has 13 heavy (non-hydrogen) atoms. The van der Waals surface area contributed by atoms with Crippen LogP contribution in [0, 0.1) is 5.92 Å². The van der Waals surface area contributed by atoms with Crippen LogP contribution in [-0.4, -0.2) is 23.0 Å². The average Bonchev–Trinajstić information content (AvgIpc) is 2.75. The summed E-state index contributed by atoms with van der Waals surface area (Å²) < 4.78 is 0. The van der Waals surface area contributed by atoms with E-state index in [0.29, 0.717) is 0 Å². The summed E-state index contributed by atoms with van der Waals surface area (Å²) in [5, 5.41) is 5.57. The SMILES string of the molecule is c1nc(CNCC2CCSC2)cs1. The summed E-state index contributed by atoms with van der Waals surface area (Å²) in [6, 6.07) is 0. The Hall–Kier alpha value is -0.0600. The molecule has 0 bridgehead atoms. The number of aromatic nitrogens is 1. The van der Waals surface area contributed by atoms with Gasteiger partial charge in [-0.05, 0) is 30.4 Å². The van der Waals surface area contributed by atoms with Gasteiger partial charge in [-0.1, -0.05) is 0 Å². The standard InChI is InChI=1S/C9H14N2S2/c1-2-12-5-8(1)3-10-4-9-6-13-7-11-9/h6-8,10H,1-5H2. The van der Waals surface area contributed by atoms with Gasteiger partial charge in [-0.15, -0.1) is 11.3 Å². The quantitative estimate of drug-likeness (QED) is 0.829. The summed E-state index contributed by atoms with van der Waals surface area (Å²) in [5.74, 6) is 3.58. The zero-order valence-electron chi connectivity index (χ0n) is 7.53. The van der Waals surface area contributed by atoms with Crippen LogP contribution in [0.2, 0.25) is 0 Å². The zero-order chi connectivity index (χ0) is 8.93. The zero-order valence-corrected chi connectivity index (χ0v) is 9.16. The van der Waals surface area contributed by atoms with Crippen LogP contribution >= 0.6 is 23.1 Å². The summed E-state index contributed by atoms with van der Waals surface area (Å²) >= 11 is 3.74. The molecule has 1 aromatic rings. The molecule has 1 aromatic heterocycles. The largest absolute Gasteiger partial charge is 0.311 e. The third-order valence-electron chi connectivity index (χ3n) is 2.25. The minimum absolute atomic E-state index is 0.892. The first-order valence-electron chi connectivity index (χ1n) is 4.60. The summed E-state index contributed by atoms with van der Waals surface area (Å²) in [5.41, 5.74) is 3.07. The van der Waals surface area contributed by atoms with Crippen molar-refractivity contribution >= 4 is 23.1 Å². The lowest BCUT2D eigenvalue weighted by Gasteiger charge is -2.08. The minimum atomic E-state index is 0.892. The van der Waals surface area contributed by atoms with Crippen LogP contribution in [0.3, 0.4) is 0 Å². The van der Waals surface area contributed by atoms with E-state index >= 15 is 0 Å². The fraction of sp³-hybridized carbons (Fsp3) is 0.667. The second-order valence-electron chi connectivity index (χ2n) is 3.34. The molecule has 1 aliphatic rings. The summed E-state index contributed by atoms with van der Waals surface area (Å²) in [6.45, 7) is 2.09. The maximum absolute atomic E-state index is 4.23. The van der Waals surface area contributed by atoms with Crippen LogP contribution in [-0.2, 0) is 6.54 Å². The molecule has 1 atom stereocenters. The third-order valence-corrected chi connectivity index (χ3v) is 4.11. The highest BCUT2D eigenvalue weighted by Crippen LogP contribution is 2.22. The first-order chi connectivity index (χ1) is 6.45. The monoisotopic (exact) mass is 214 g/mol. The summed E-state index contributed by atoms with van der Waals surface area (Å²) in [7, 11) is 0. The number of thiazole rings is 1. The van der Waals surface area contributed by atoms with E-state index in [2.05, 4.69) is 27.4 Å². The van der Waals surface area contributed by atoms with Gasteiger partial charge in [0.1, 0.15) is 0 Å².